The van der Waals surface area contributed by atoms with Crippen molar-refractivity contribution >= 4 is 49.9 Å². The van der Waals surface area contributed by atoms with Crippen molar-refractivity contribution in [1.82, 2.24) is 0 Å². The fraction of sp³-hybridized carbons (Fsp3) is 0.316. The molecule has 0 aliphatic heterocycles. The number of ketones is 1. The van der Waals surface area contributed by atoms with Crippen molar-refractivity contribution < 1.29 is 23.9 Å². The highest BCUT2D eigenvalue weighted by atomic mass is 79.9. The minimum atomic E-state index is -0.818. The summed E-state index contributed by atoms with van der Waals surface area (Å²) >= 11 is 4.42. The van der Waals surface area contributed by atoms with Crippen molar-refractivity contribution in [2.75, 3.05) is 11.9 Å². The van der Waals surface area contributed by atoms with Crippen molar-refractivity contribution in [3.05, 3.63) is 44.7 Å². The molecule has 1 heterocycles. The summed E-state index contributed by atoms with van der Waals surface area (Å²) in [5.74, 6) is -0.667. The van der Waals surface area contributed by atoms with Gasteiger partial charge in [0.15, 0.2) is 11.9 Å². The molecule has 144 valence electrons. The van der Waals surface area contributed by atoms with Crippen LogP contribution >= 0.6 is 27.3 Å². The van der Waals surface area contributed by atoms with Gasteiger partial charge in [-0.1, -0.05) is 12.1 Å². The highest BCUT2D eigenvalue weighted by molar-refractivity contribution is 9.10. The highest BCUT2D eigenvalue weighted by Crippen LogP contribution is 2.34. The molecule has 0 bridgehead atoms. The monoisotopic (exact) mass is 453 g/mol. The molecule has 0 saturated carbocycles. The van der Waals surface area contributed by atoms with E-state index in [2.05, 4.69) is 21.2 Å². The van der Waals surface area contributed by atoms with E-state index in [-0.39, 0.29) is 23.0 Å². The van der Waals surface area contributed by atoms with Gasteiger partial charge in [-0.2, -0.15) is 0 Å². The predicted molar refractivity (Wildman–Crippen MR) is 108 cm³/mol. The van der Waals surface area contributed by atoms with Crippen LogP contribution < -0.4 is 10.1 Å². The van der Waals surface area contributed by atoms with Gasteiger partial charge in [0.05, 0.1) is 21.5 Å². The molecule has 0 unspecified atom stereocenters. The molecule has 1 aromatic heterocycles. The van der Waals surface area contributed by atoms with Gasteiger partial charge in [0.1, 0.15) is 10.8 Å². The molecule has 1 aromatic carbocycles. The number of ether oxygens (including phenoxy) is 2. The van der Waals surface area contributed by atoms with E-state index in [4.69, 9.17) is 9.47 Å². The van der Waals surface area contributed by atoms with Crippen LogP contribution in [0.1, 0.15) is 46.4 Å². The average molecular weight is 454 g/mol. The molecule has 1 N–H and O–H groups in total. The van der Waals surface area contributed by atoms with Crippen LogP contribution in [0.15, 0.2) is 28.7 Å². The summed E-state index contributed by atoms with van der Waals surface area (Å²) in [5, 5.41) is 2.97. The Bertz CT molecular complexity index is 877. The van der Waals surface area contributed by atoms with Gasteiger partial charge in [0.2, 0.25) is 0 Å². The van der Waals surface area contributed by atoms with Crippen LogP contribution in [-0.2, 0) is 9.53 Å². The number of esters is 1. The lowest BCUT2D eigenvalue weighted by Gasteiger charge is -2.15. The molecule has 0 radical (unpaired) electrons. The number of rotatable bonds is 7. The van der Waals surface area contributed by atoms with E-state index in [0.717, 1.165) is 15.8 Å². The van der Waals surface area contributed by atoms with Crippen LogP contribution in [-0.4, -0.2) is 30.4 Å². The summed E-state index contributed by atoms with van der Waals surface area (Å²) in [6.45, 7) is 6.56. The Balaban J connectivity index is 2.25. The molecule has 8 heteroatoms. The average Bonchev–Trinajstić information content (AvgIpc) is 2.93. The lowest BCUT2D eigenvalue weighted by Crippen LogP contribution is -2.30. The first-order chi connectivity index (χ1) is 12.8. The normalized spacial score (nSPS) is 11.6. The Kier molecular flexibility index (Phi) is 7.15. The zero-order valence-electron chi connectivity index (χ0n) is 15.4. The fourth-order valence-corrected chi connectivity index (χ4v) is 3.86. The Hall–Kier alpha value is -2.19. The molecular formula is C19H20BrNO5S. The molecule has 0 aliphatic rings. The van der Waals surface area contributed by atoms with Gasteiger partial charge >= 0.3 is 5.97 Å². The molecule has 6 nitrogen and oxygen atoms in total. The second kappa shape index (κ2) is 9.14. The van der Waals surface area contributed by atoms with Gasteiger partial charge in [-0.15, -0.1) is 11.3 Å². The van der Waals surface area contributed by atoms with Crippen molar-refractivity contribution in [2.24, 2.45) is 0 Å². The van der Waals surface area contributed by atoms with E-state index >= 15 is 0 Å². The highest BCUT2D eigenvalue weighted by Gasteiger charge is 2.27. The number of carbonyl (C=O) groups excluding carboxylic acids is 3. The standard InChI is InChI=1S/C19H20BrNO5S/c1-5-25-19(24)15-10(2)16(11(3)22)27-18(15)21-17(23)12(4)26-14-9-7-6-8-13(14)20/h6-9,12H,5H2,1-4H3,(H,21,23)/t12-/m0/s1. The van der Waals surface area contributed by atoms with Gasteiger partial charge < -0.3 is 14.8 Å². The molecule has 2 rings (SSSR count). The molecule has 1 amide bonds. The van der Waals surface area contributed by atoms with Gasteiger partial charge in [0.25, 0.3) is 5.91 Å². The van der Waals surface area contributed by atoms with E-state index < -0.39 is 18.0 Å². The third-order valence-corrected chi connectivity index (χ3v) is 5.66. The van der Waals surface area contributed by atoms with Crippen molar-refractivity contribution in [1.29, 1.82) is 0 Å². The number of anilines is 1. The van der Waals surface area contributed by atoms with E-state index in [1.165, 1.54) is 6.92 Å². The maximum Gasteiger partial charge on any atom is 0.341 e. The fourth-order valence-electron chi connectivity index (χ4n) is 2.38. The molecule has 1 atom stereocenters. The first-order valence-corrected chi connectivity index (χ1v) is 9.90. The van der Waals surface area contributed by atoms with Crippen molar-refractivity contribution in [3.63, 3.8) is 0 Å². The number of hydrogen-bond acceptors (Lipinski definition) is 6. The molecule has 2 aromatic rings. The SMILES string of the molecule is CCOC(=O)c1c(NC(=O)[C@H](C)Oc2ccccc2Br)sc(C(C)=O)c1C. The van der Waals surface area contributed by atoms with Crippen LogP contribution in [0.3, 0.4) is 0 Å². The quantitative estimate of drug-likeness (QED) is 0.489. The number of para-hydroxylation sites is 1. The molecule has 27 heavy (non-hydrogen) atoms. The largest absolute Gasteiger partial charge is 0.480 e. The number of amides is 1. The summed E-state index contributed by atoms with van der Waals surface area (Å²) in [4.78, 5) is 37.1. The first kappa shape index (κ1) is 21.1. The van der Waals surface area contributed by atoms with Crippen molar-refractivity contribution in [3.8, 4) is 5.75 Å². The van der Waals surface area contributed by atoms with Crippen molar-refractivity contribution in [2.45, 2.75) is 33.8 Å². The minimum absolute atomic E-state index is 0.180. The molecule has 0 spiro atoms. The Morgan fingerprint density at radius 1 is 1.26 bits per heavy atom. The molecule has 0 fully saturated rings. The van der Waals surface area contributed by atoms with E-state index in [1.54, 1.807) is 39.0 Å². The van der Waals surface area contributed by atoms with E-state index in [0.29, 0.717) is 16.2 Å². The topological polar surface area (TPSA) is 81.7 Å². The predicted octanol–water partition coefficient (Wildman–Crippen LogP) is 4.60. The van der Waals surface area contributed by atoms with E-state index in [9.17, 15) is 14.4 Å². The maximum absolute atomic E-state index is 12.6. The van der Waals surface area contributed by atoms with Gasteiger partial charge in [-0.25, -0.2) is 4.79 Å². The number of carbonyl (C=O) groups is 3. The summed E-state index contributed by atoms with van der Waals surface area (Å²) in [6, 6.07) is 7.18. The second-order valence-electron chi connectivity index (χ2n) is 5.72. The number of thiophene rings is 1. The number of hydrogen-bond donors (Lipinski definition) is 1. The van der Waals surface area contributed by atoms with E-state index in [1.807, 2.05) is 6.07 Å². The number of Topliss-reactive ketones (excluding diaryl/α,β-unsaturated/α-hetero) is 1. The van der Waals surface area contributed by atoms with Crippen LogP contribution in [0.5, 0.6) is 5.75 Å². The maximum atomic E-state index is 12.6. The molecule has 0 aliphatic carbocycles. The summed E-state index contributed by atoms with van der Waals surface area (Å²) in [7, 11) is 0. The second-order valence-corrected chi connectivity index (χ2v) is 7.59. The van der Waals surface area contributed by atoms with Gasteiger partial charge in [-0.3, -0.25) is 9.59 Å². The van der Waals surface area contributed by atoms with Crippen LogP contribution in [0.2, 0.25) is 0 Å². The zero-order valence-corrected chi connectivity index (χ0v) is 17.8. The van der Waals surface area contributed by atoms with Crippen LogP contribution in [0, 0.1) is 6.92 Å². The lowest BCUT2D eigenvalue weighted by molar-refractivity contribution is -0.122. The lowest BCUT2D eigenvalue weighted by atomic mass is 10.1. The van der Waals surface area contributed by atoms with Crippen LogP contribution in [0.25, 0.3) is 0 Å². The summed E-state index contributed by atoms with van der Waals surface area (Å²) in [5.41, 5.74) is 0.703. The van der Waals surface area contributed by atoms with Gasteiger partial charge in [0, 0.05) is 0 Å². The third-order valence-electron chi connectivity index (χ3n) is 3.69. The minimum Gasteiger partial charge on any atom is -0.480 e. The zero-order chi connectivity index (χ0) is 20.1. The van der Waals surface area contributed by atoms with Gasteiger partial charge in [-0.05, 0) is 61.3 Å². The van der Waals surface area contributed by atoms with Crippen LogP contribution in [0.4, 0.5) is 5.00 Å². The summed E-state index contributed by atoms with van der Waals surface area (Å²) in [6.07, 6.45) is -0.818. The Morgan fingerprint density at radius 3 is 2.52 bits per heavy atom. The number of halogens is 1. The smallest absolute Gasteiger partial charge is 0.341 e. The molecule has 0 saturated heterocycles. The first-order valence-electron chi connectivity index (χ1n) is 8.29. The number of benzene rings is 1. The third kappa shape index (κ3) is 4.95. The Morgan fingerprint density at radius 2 is 1.93 bits per heavy atom. The molecular weight excluding hydrogens is 434 g/mol. The Labute approximate surface area is 170 Å². The summed E-state index contributed by atoms with van der Waals surface area (Å²) < 4.78 is 11.5. The number of nitrogens with one attached hydrogen (secondary N) is 1.